The van der Waals surface area contributed by atoms with Gasteiger partial charge in [0.05, 0.1) is 56.7 Å². The summed E-state index contributed by atoms with van der Waals surface area (Å²) >= 11 is 0. The van der Waals surface area contributed by atoms with Gasteiger partial charge in [0.15, 0.2) is 0 Å². The quantitative estimate of drug-likeness (QED) is 0.134. The van der Waals surface area contributed by atoms with Gasteiger partial charge in [-0.2, -0.15) is 0 Å². The summed E-state index contributed by atoms with van der Waals surface area (Å²) < 4.78 is 183. The van der Waals surface area contributed by atoms with Gasteiger partial charge in [-0.25, -0.2) is 0 Å². The molecule has 5 heteroatoms. The molecule has 4 nitrogen and oxygen atoms in total. The van der Waals surface area contributed by atoms with E-state index in [9.17, 15) is 23.3 Å². The summed E-state index contributed by atoms with van der Waals surface area (Å²) in [4.78, 5) is 4.52. The van der Waals surface area contributed by atoms with Crippen molar-refractivity contribution in [2.45, 2.75) is 314 Å². The van der Waals surface area contributed by atoms with Gasteiger partial charge in [-0.1, -0.05) is 413 Å². The highest BCUT2D eigenvalue weighted by Gasteiger charge is 2.48. The van der Waals surface area contributed by atoms with Crippen LogP contribution in [0.1, 0.15) is 339 Å². The first kappa shape index (κ1) is 76.3. The molecule has 0 fully saturated rings. The highest BCUT2D eigenvalue weighted by molar-refractivity contribution is 7.00. The van der Waals surface area contributed by atoms with Crippen molar-refractivity contribution in [1.29, 1.82) is 0 Å². The van der Waals surface area contributed by atoms with Crippen LogP contribution in [-0.2, 0) is 65.0 Å². The van der Waals surface area contributed by atoms with Gasteiger partial charge in [0.1, 0.15) is 0 Å². The molecular formula is C132H151BN4. The molecule has 0 spiro atoms. The Hall–Kier alpha value is -11.7. The van der Waals surface area contributed by atoms with Crippen molar-refractivity contribution in [3.8, 4) is 67.0 Å². The van der Waals surface area contributed by atoms with Gasteiger partial charge in [-0.05, 0) is 278 Å². The Labute approximate surface area is 846 Å². The second-order valence-corrected chi connectivity index (χ2v) is 51.7. The van der Waals surface area contributed by atoms with E-state index in [1.54, 1.807) is 0 Å². The second-order valence-electron chi connectivity index (χ2n) is 51.7. The summed E-state index contributed by atoms with van der Waals surface area (Å²) in [6.45, 7) is 75.7. The molecule has 0 saturated heterocycles. The zero-order valence-electron chi connectivity index (χ0n) is 105. The number of hydrogen-bond acceptors (Lipinski definition) is 2. The number of nitrogens with zero attached hydrogens (tertiary/aromatic N) is 4. The van der Waals surface area contributed by atoms with E-state index < -0.39 is 116 Å². The van der Waals surface area contributed by atoms with Gasteiger partial charge in [-0.15, -0.1) is 0 Å². The van der Waals surface area contributed by atoms with Crippen molar-refractivity contribution in [2.75, 3.05) is 9.80 Å². The standard InChI is InChI=1S/C132H151BN4/c1-121(2,3)85-49-45-80(46-50-85)100-74-94(130(28,29)30)76-102(84-65-92(128(22,23)24)70-93(66-84)129(25,26)27)119(100)136-114-79-97(135-112-61-54-88(124(10,11)12)72-104(112)105-73-89(125(13,14)15)55-62-113(105)135)57-60-108(114)133-109-59-56-96(134-110-43-39-37-41-98(110)99-42-38-40-44-111(99)134)78-115(109)137(117-68-83(67-116(136)118(117)133)82-63-90(126(16,17)18)69-91(64-82)127(19,20)21)120-101(81-47-51-86(52-48-81)122(4,5)6)75-95(131(31,32)33)77-106(120)103-71-87(123(7,8)9)53-58-107(103)132(34,35)36/h37-79H,1-36H3/i37D,38D,39D,40D,41D,42D,43D,44D,47D,48D,51D,52D,53D,58D,71D,75D,77D. The lowest BCUT2D eigenvalue weighted by Gasteiger charge is -2.46. The number of anilines is 6. The molecule has 2 aliphatic rings. The normalized spacial score (nSPS) is 15.7. The molecule has 0 aliphatic carbocycles. The van der Waals surface area contributed by atoms with Crippen molar-refractivity contribution in [1.82, 2.24) is 9.13 Å². The van der Waals surface area contributed by atoms with Crippen LogP contribution in [0, 0.1) is 0 Å². The second kappa shape index (κ2) is 32.5. The Morgan fingerprint density at radius 3 is 0.978 bits per heavy atom. The maximum atomic E-state index is 12.1. The van der Waals surface area contributed by atoms with Crippen molar-refractivity contribution in [2.24, 2.45) is 0 Å². The topological polar surface area (TPSA) is 16.3 Å². The molecule has 0 radical (unpaired) electrons. The van der Waals surface area contributed by atoms with Crippen LogP contribution in [-0.4, -0.2) is 15.8 Å². The van der Waals surface area contributed by atoms with E-state index in [0.717, 1.165) is 106 Å². The van der Waals surface area contributed by atoms with Crippen LogP contribution in [0.4, 0.5) is 34.1 Å². The average molecular weight is 1820 g/mol. The molecule has 0 saturated carbocycles. The van der Waals surface area contributed by atoms with Crippen LogP contribution >= 0.6 is 0 Å². The molecule has 137 heavy (non-hydrogen) atoms. The molecule has 2 aromatic heterocycles. The summed E-state index contributed by atoms with van der Waals surface area (Å²) in [6, 6.07) is 50.9. The minimum Gasteiger partial charge on any atom is -0.310 e. The molecule has 0 N–H and O–H groups in total. The van der Waals surface area contributed by atoms with Crippen LogP contribution in [0.15, 0.2) is 260 Å². The molecule has 0 atom stereocenters. The molecular weight excluding hydrogens is 1650 g/mol. The first-order chi connectivity index (χ1) is 70.6. The average Bonchev–Trinajstić information content (AvgIpc) is 0.749. The maximum absolute atomic E-state index is 12.1. The fraction of sp³-hybridized carbons (Fsp3) is 0.364. The maximum Gasteiger partial charge on any atom is 0.252 e. The SMILES string of the molecule is [2H]c1c([2H])c(C(C)(C)C)c([2H])c([2H])c1-c1c([2H])c(C(C)(C)C)c([2H])c(-c2c([2H])c(C(C)(C)C)c([2H])c([2H])c2C(C)(C)C)c1N1c2cc(-n3c4c([2H])c([2H])c([2H])c([2H])c4c4c([2H])c([2H])c([2H])c([2H])c43)ccc2B2c3ccc(-n4c5ccc(C(C)(C)C)cc5c5cc(C(C)(C)C)ccc54)cc3N(c3c(-c4ccc(C(C)(C)C)cc4)cc(C(C)(C)C)cc3-c3cc(C(C)(C)C)cc(C(C)(C)C)c3)c3cc(-c4cc(C(C)(C)C)cc(C(C)(C)C)c4)cc1c32. The zero-order chi connectivity index (χ0) is 114. The Morgan fingerprint density at radius 2 is 0.562 bits per heavy atom. The van der Waals surface area contributed by atoms with Crippen LogP contribution in [0.25, 0.3) is 111 Å². The van der Waals surface area contributed by atoms with Gasteiger partial charge < -0.3 is 18.9 Å². The van der Waals surface area contributed by atoms with Gasteiger partial charge in [0, 0.05) is 77.9 Å². The van der Waals surface area contributed by atoms with Crippen molar-refractivity contribution < 1.29 is 23.3 Å². The smallest absolute Gasteiger partial charge is 0.252 e. The zero-order valence-corrected chi connectivity index (χ0v) is 88.4. The molecule has 0 unspecified atom stereocenters. The lowest BCUT2D eigenvalue weighted by molar-refractivity contribution is 0.568. The third kappa shape index (κ3) is 17.4. The molecule has 14 aromatic carbocycles. The fourth-order valence-electron chi connectivity index (χ4n) is 19.8. The van der Waals surface area contributed by atoms with E-state index in [1.807, 2.05) is 106 Å². The van der Waals surface area contributed by atoms with Crippen molar-refractivity contribution in [3.05, 3.63) is 327 Å². The third-order valence-electron chi connectivity index (χ3n) is 28.5. The highest BCUT2D eigenvalue weighted by Crippen LogP contribution is 2.59. The Morgan fingerprint density at radius 1 is 0.212 bits per heavy atom. The summed E-state index contributed by atoms with van der Waals surface area (Å²) in [7, 11) is 0. The van der Waals surface area contributed by atoms with E-state index in [-0.39, 0.29) is 142 Å². The third-order valence-corrected chi connectivity index (χ3v) is 28.5. The van der Waals surface area contributed by atoms with Crippen molar-refractivity contribution in [3.63, 3.8) is 0 Å². The van der Waals surface area contributed by atoms with E-state index in [2.05, 4.69) is 315 Å². The fourth-order valence-corrected chi connectivity index (χ4v) is 19.8. The lowest BCUT2D eigenvalue weighted by Crippen LogP contribution is -2.61. The molecule has 2 aliphatic heterocycles. The van der Waals surface area contributed by atoms with Crippen LogP contribution < -0.4 is 26.2 Å². The monoisotopic (exact) mass is 1820 g/mol. The predicted molar refractivity (Wildman–Crippen MR) is 601 cm³/mol. The van der Waals surface area contributed by atoms with Crippen LogP contribution in [0.5, 0.6) is 0 Å². The van der Waals surface area contributed by atoms with E-state index in [0.29, 0.717) is 27.9 Å². The van der Waals surface area contributed by atoms with E-state index >= 15 is 0 Å². The minimum atomic E-state index is -1.23. The number of fused-ring (bicyclic) bond motifs is 10. The predicted octanol–water partition coefficient (Wildman–Crippen LogP) is 35.9. The molecule has 702 valence electrons. The molecule has 18 rings (SSSR count). The molecule has 4 heterocycles. The van der Waals surface area contributed by atoms with Crippen LogP contribution in [0.3, 0.4) is 0 Å². The van der Waals surface area contributed by atoms with Crippen molar-refractivity contribution >= 4 is 101 Å². The number of aromatic nitrogens is 2. The van der Waals surface area contributed by atoms with Crippen LogP contribution in [0.2, 0.25) is 0 Å². The Bertz CT molecular complexity index is 8400. The number of rotatable bonds is 9. The summed E-state index contributed by atoms with van der Waals surface area (Å²) in [6.07, 6.45) is 0. The highest BCUT2D eigenvalue weighted by atomic mass is 15.2. The summed E-state index contributed by atoms with van der Waals surface area (Å²) in [5.74, 6) is 0. The van der Waals surface area contributed by atoms with Gasteiger partial charge >= 0.3 is 0 Å². The largest absolute Gasteiger partial charge is 0.310 e. The number of para-hydroxylation sites is 2. The Kier molecular flexibility index (Phi) is 18.1. The van der Waals surface area contributed by atoms with Gasteiger partial charge in [-0.3, -0.25) is 0 Å². The van der Waals surface area contributed by atoms with E-state index in [1.165, 1.54) is 15.7 Å². The number of hydrogen-bond donors (Lipinski definition) is 0. The Balaban J connectivity index is 1.20. The summed E-state index contributed by atoms with van der Waals surface area (Å²) in [5, 5.41) is 1.81. The van der Waals surface area contributed by atoms with Gasteiger partial charge in [0.2, 0.25) is 0 Å². The first-order valence-electron chi connectivity index (χ1n) is 57.8. The van der Waals surface area contributed by atoms with E-state index in [4.69, 9.17) is 0 Å². The first-order valence-corrected chi connectivity index (χ1v) is 49.3. The molecule has 16 aromatic rings. The molecule has 0 amide bonds. The lowest BCUT2D eigenvalue weighted by atomic mass is 9.33. The number of benzene rings is 14. The summed E-state index contributed by atoms with van der Waals surface area (Å²) in [5.41, 5.74) is 13.7. The minimum absolute atomic E-state index is 0.0389. The van der Waals surface area contributed by atoms with Gasteiger partial charge in [0.25, 0.3) is 6.71 Å². The molecule has 0 bridgehead atoms.